The summed E-state index contributed by atoms with van der Waals surface area (Å²) in [5.74, 6) is 0.0955. The highest BCUT2D eigenvalue weighted by Gasteiger charge is 2.29. The molecule has 3 rings (SSSR count). The summed E-state index contributed by atoms with van der Waals surface area (Å²) in [6, 6.07) is 7.69. The summed E-state index contributed by atoms with van der Waals surface area (Å²) in [7, 11) is 3.11. The van der Waals surface area contributed by atoms with Crippen LogP contribution in [0.5, 0.6) is 0 Å². The zero-order valence-electron chi connectivity index (χ0n) is 6.94. The molecule has 4 heteroatoms. The molecule has 0 unspecified atom stereocenters. The molecule has 0 fully saturated rings. The van der Waals surface area contributed by atoms with Crippen LogP contribution in [-0.4, -0.2) is 5.78 Å². The van der Waals surface area contributed by atoms with E-state index >= 15 is 0 Å². The molecule has 1 aromatic carbocycles. The molecule has 1 aromatic heterocycles. The van der Waals surface area contributed by atoms with Gasteiger partial charge in [0.1, 0.15) is 3.82 Å². The van der Waals surface area contributed by atoms with Crippen molar-refractivity contribution in [3.63, 3.8) is 0 Å². The number of benzene rings is 1. The third kappa shape index (κ3) is 0.932. The number of fused-ring (bicyclic) bond motifs is 3. The second-order valence-corrected chi connectivity index (χ2v) is 5.85. The number of hydrogen-bond donors (Lipinski definition) is 0. The van der Waals surface area contributed by atoms with Crippen molar-refractivity contribution in [2.75, 3.05) is 0 Å². The molecular formula is C10H4OS3. The van der Waals surface area contributed by atoms with Gasteiger partial charge in [-0.25, -0.2) is 0 Å². The smallest absolute Gasteiger partial charge is 0.197 e. The lowest BCUT2D eigenvalue weighted by molar-refractivity contribution is 0.104. The molecule has 1 aliphatic carbocycles. The molecule has 2 aromatic rings. The summed E-state index contributed by atoms with van der Waals surface area (Å²) in [6.07, 6.45) is 0. The van der Waals surface area contributed by atoms with Crippen LogP contribution in [0.15, 0.2) is 24.3 Å². The van der Waals surface area contributed by atoms with Crippen LogP contribution in [0, 0.1) is 3.82 Å². The van der Waals surface area contributed by atoms with Gasteiger partial charge < -0.3 is 0 Å². The standard InChI is InChI=1S/C10H4OS3/c11-8-5-3-1-2-4-6(5)9-7(8)10(12)14-13-9/h1-4H. The number of carbonyl (C=O) groups is 1. The number of carbonyl (C=O) groups excluding carboxylic acids is 1. The predicted molar refractivity (Wildman–Crippen MR) is 61.9 cm³/mol. The van der Waals surface area contributed by atoms with Crippen molar-refractivity contribution in [1.29, 1.82) is 0 Å². The lowest BCUT2D eigenvalue weighted by atomic mass is 10.1. The molecule has 0 bridgehead atoms. The van der Waals surface area contributed by atoms with Crippen molar-refractivity contribution in [3.05, 3.63) is 39.2 Å². The molecule has 0 atom stereocenters. The van der Waals surface area contributed by atoms with Crippen LogP contribution in [0.25, 0.3) is 10.4 Å². The highest BCUT2D eigenvalue weighted by molar-refractivity contribution is 7.80. The molecule has 1 nitrogen and oxygen atoms in total. The van der Waals surface area contributed by atoms with Crippen LogP contribution < -0.4 is 0 Å². The van der Waals surface area contributed by atoms with E-state index < -0.39 is 0 Å². The Bertz CT molecular complexity index is 591. The van der Waals surface area contributed by atoms with Crippen molar-refractivity contribution in [3.8, 4) is 10.4 Å². The minimum Gasteiger partial charge on any atom is -0.288 e. The first kappa shape index (κ1) is 8.47. The van der Waals surface area contributed by atoms with Gasteiger partial charge in [0.25, 0.3) is 0 Å². The first-order valence-corrected chi connectivity index (χ1v) is 6.62. The van der Waals surface area contributed by atoms with Crippen molar-refractivity contribution in [2.24, 2.45) is 0 Å². The molecule has 0 saturated heterocycles. The van der Waals surface area contributed by atoms with Gasteiger partial charge in [0.15, 0.2) is 5.78 Å². The van der Waals surface area contributed by atoms with Gasteiger partial charge in [0.2, 0.25) is 0 Å². The summed E-state index contributed by atoms with van der Waals surface area (Å²) in [5.41, 5.74) is 2.59. The lowest BCUT2D eigenvalue weighted by Crippen LogP contribution is -1.93. The highest BCUT2D eigenvalue weighted by Crippen LogP contribution is 2.43. The van der Waals surface area contributed by atoms with Crippen LogP contribution >= 0.6 is 32.9 Å². The SMILES string of the molecule is O=C1c2ccccc2-c2ssc(=S)c21. The maximum absolute atomic E-state index is 11.9. The molecule has 68 valence electrons. The lowest BCUT2D eigenvalue weighted by Gasteiger charge is -1.94. The molecule has 0 saturated carbocycles. The van der Waals surface area contributed by atoms with E-state index in [4.69, 9.17) is 12.2 Å². The van der Waals surface area contributed by atoms with Crippen molar-refractivity contribution >= 4 is 38.7 Å². The van der Waals surface area contributed by atoms with Crippen LogP contribution in [0.4, 0.5) is 0 Å². The van der Waals surface area contributed by atoms with Gasteiger partial charge >= 0.3 is 0 Å². The van der Waals surface area contributed by atoms with Gasteiger partial charge in [-0.2, -0.15) is 0 Å². The minimum absolute atomic E-state index is 0.0955. The highest BCUT2D eigenvalue weighted by atomic mass is 32.9. The maximum atomic E-state index is 11.9. The Morgan fingerprint density at radius 2 is 1.79 bits per heavy atom. The Labute approximate surface area is 93.0 Å². The topological polar surface area (TPSA) is 17.1 Å². The van der Waals surface area contributed by atoms with Gasteiger partial charge in [-0.3, -0.25) is 4.79 Å². The van der Waals surface area contributed by atoms with E-state index in [0.717, 1.165) is 25.4 Å². The average molecular weight is 236 g/mol. The summed E-state index contributed by atoms with van der Waals surface area (Å²) in [4.78, 5) is 13.0. The fraction of sp³-hybridized carbons (Fsp3) is 0. The van der Waals surface area contributed by atoms with E-state index in [1.165, 1.54) is 10.3 Å². The second kappa shape index (κ2) is 2.82. The monoisotopic (exact) mass is 236 g/mol. The second-order valence-electron chi connectivity index (χ2n) is 3.03. The number of ketones is 1. The molecule has 1 aliphatic rings. The fourth-order valence-corrected chi connectivity index (χ4v) is 4.50. The van der Waals surface area contributed by atoms with Crippen molar-refractivity contribution in [2.45, 2.75) is 0 Å². The zero-order valence-corrected chi connectivity index (χ0v) is 9.39. The minimum atomic E-state index is 0.0955. The molecule has 0 amide bonds. The molecular weight excluding hydrogens is 232 g/mol. The van der Waals surface area contributed by atoms with Gasteiger partial charge in [-0.15, -0.1) is 0 Å². The summed E-state index contributed by atoms with van der Waals surface area (Å²) in [6.45, 7) is 0. The third-order valence-corrected chi connectivity index (χ3v) is 5.33. The predicted octanol–water partition coefficient (Wildman–Crippen LogP) is 3.75. The summed E-state index contributed by atoms with van der Waals surface area (Å²) in [5, 5.41) is 0. The Kier molecular flexibility index (Phi) is 1.71. The van der Waals surface area contributed by atoms with E-state index in [2.05, 4.69) is 0 Å². The van der Waals surface area contributed by atoms with Crippen molar-refractivity contribution < 1.29 is 4.79 Å². The van der Waals surface area contributed by atoms with Gasteiger partial charge in [-0.05, 0) is 0 Å². The van der Waals surface area contributed by atoms with Crippen LogP contribution in [0.2, 0.25) is 0 Å². The van der Waals surface area contributed by atoms with E-state index in [-0.39, 0.29) is 5.78 Å². The van der Waals surface area contributed by atoms with E-state index in [1.807, 2.05) is 24.3 Å². The van der Waals surface area contributed by atoms with Crippen LogP contribution in [-0.2, 0) is 0 Å². The normalized spacial score (nSPS) is 12.7. The van der Waals surface area contributed by atoms with Crippen LogP contribution in [0.3, 0.4) is 0 Å². The summed E-state index contributed by atoms with van der Waals surface area (Å²) >= 11 is 5.14. The fourth-order valence-electron chi connectivity index (χ4n) is 1.64. The van der Waals surface area contributed by atoms with Gasteiger partial charge in [0, 0.05) is 11.1 Å². The quantitative estimate of drug-likeness (QED) is 0.437. The molecule has 0 N–H and O–H groups in total. The van der Waals surface area contributed by atoms with E-state index in [0.29, 0.717) is 0 Å². The zero-order chi connectivity index (χ0) is 9.71. The largest absolute Gasteiger partial charge is 0.288 e. The number of hydrogen-bond acceptors (Lipinski definition) is 4. The van der Waals surface area contributed by atoms with Crippen molar-refractivity contribution in [1.82, 2.24) is 0 Å². The third-order valence-electron chi connectivity index (χ3n) is 2.28. The van der Waals surface area contributed by atoms with E-state index in [1.54, 1.807) is 10.3 Å². The first-order chi connectivity index (χ1) is 6.79. The van der Waals surface area contributed by atoms with Crippen LogP contribution in [0.1, 0.15) is 15.9 Å². The Balaban J connectivity index is 2.48. The summed E-state index contributed by atoms with van der Waals surface area (Å²) < 4.78 is 0.728. The molecule has 0 aliphatic heterocycles. The average Bonchev–Trinajstić information content (AvgIpc) is 2.70. The number of rotatable bonds is 0. The first-order valence-electron chi connectivity index (χ1n) is 4.06. The molecule has 0 spiro atoms. The maximum Gasteiger partial charge on any atom is 0.197 e. The van der Waals surface area contributed by atoms with Gasteiger partial charge in [0.05, 0.1) is 10.4 Å². The Morgan fingerprint density at radius 1 is 1.07 bits per heavy atom. The Hall–Kier alpha value is -0.840. The molecule has 1 heterocycles. The Morgan fingerprint density at radius 3 is 2.57 bits per heavy atom. The molecule has 0 radical (unpaired) electrons. The van der Waals surface area contributed by atoms with E-state index in [9.17, 15) is 4.79 Å². The molecule has 14 heavy (non-hydrogen) atoms. The van der Waals surface area contributed by atoms with Gasteiger partial charge in [-0.1, -0.05) is 57.2 Å².